The number of hydrogen-bond acceptors (Lipinski definition) is 3. The molecule has 7 nitrogen and oxygen atoms in total. The van der Waals surface area contributed by atoms with Crippen molar-refractivity contribution in [1.29, 1.82) is 0 Å². The third kappa shape index (κ3) is 4.75. The predicted molar refractivity (Wildman–Crippen MR) is 101 cm³/mol. The fraction of sp³-hybridized carbons (Fsp3) is 0.350. The maximum Gasteiger partial charge on any atom is 0.324 e. The summed E-state index contributed by atoms with van der Waals surface area (Å²) in [5.74, 6) is -0.396. The van der Waals surface area contributed by atoms with Gasteiger partial charge in [0.25, 0.3) is 5.91 Å². The Hall–Kier alpha value is -3.09. The summed E-state index contributed by atoms with van der Waals surface area (Å²) in [5, 5.41) is 5.51. The molecule has 27 heavy (non-hydrogen) atoms. The third-order valence-electron chi connectivity index (χ3n) is 4.75. The molecule has 0 saturated carbocycles. The fourth-order valence-electron chi connectivity index (χ4n) is 3.10. The number of hydrogen-bond donors (Lipinski definition) is 2. The zero-order valence-electron chi connectivity index (χ0n) is 15.4. The van der Waals surface area contributed by atoms with Crippen LogP contribution in [0.4, 0.5) is 4.79 Å². The Bertz CT molecular complexity index is 816. The van der Waals surface area contributed by atoms with Gasteiger partial charge in [0.1, 0.15) is 6.04 Å². The van der Waals surface area contributed by atoms with Gasteiger partial charge in [0.15, 0.2) is 0 Å². The number of aryl methyl sites for hydroxylation is 1. The van der Waals surface area contributed by atoms with Crippen molar-refractivity contribution < 1.29 is 14.4 Å². The van der Waals surface area contributed by atoms with Gasteiger partial charge in [0.2, 0.25) is 5.91 Å². The molecule has 1 aliphatic rings. The number of amides is 4. The van der Waals surface area contributed by atoms with Crippen molar-refractivity contribution >= 4 is 17.8 Å². The van der Waals surface area contributed by atoms with Crippen LogP contribution in [0.1, 0.15) is 24.1 Å². The van der Waals surface area contributed by atoms with E-state index in [1.807, 2.05) is 60.3 Å². The van der Waals surface area contributed by atoms with E-state index >= 15 is 0 Å². The number of nitrogens with zero attached hydrogens (tertiary/aromatic N) is 2. The summed E-state index contributed by atoms with van der Waals surface area (Å²) < 4.78 is 1.94. The first-order chi connectivity index (χ1) is 13.0. The van der Waals surface area contributed by atoms with E-state index in [0.717, 1.165) is 11.3 Å². The van der Waals surface area contributed by atoms with Crippen molar-refractivity contribution in [3.63, 3.8) is 0 Å². The molecule has 142 valence electrons. The zero-order valence-corrected chi connectivity index (χ0v) is 15.4. The van der Waals surface area contributed by atoms with Crippen LogP contribution in [0.5, 0.6) is 0 Å². The lowest BCUT2D eigenvalue weighted by atomic mass is 10.1. The van der Waals surface area contributed by atoms with Gasteiger partial charge in [-0.1, -0.05) is 30.3 Å². The Morgan fingerprint density at radius 1 is 1.15 bits per heavy atom. The quantitative estimate of drug-likeness (QED) is 0.694. The van der Waals surface area contributed by atoms with Gasteiger partial charge in [0.05, 0.1) is 6.54 Å². The van der Waals surface area contributed by atoms with Crippen molar-refractivity contribution in [2.45, 2.75) is 31.8 Å². The Morgan fingerprint density at radius 2 is 1.93 bits per heavy atom. The maximum absolute atomic E-state index is 12.4. The van der Waals surface area contributed by atoms with Gasteiger partial charge in [-0.05, 0) is 30.5 Å². The molecule has 0 radical (unpaired) electrons. The highest BCUT2D eigenvalue weighted by molar-refractivity contribution is 6.04. The van der Waals surface area contributed by atoms with Crippen molar-refractivity contribution in [3.05, 3.63) is 59.9 Å². The topological polar surface area (TPSA) is 83.4 Å². The summed E-state index contributed by atoms with van der Waals surface area (Å²) >= 11 is 0. The Balaban J connectivity index is 1.44. The minimum absolute atomic E-state index is 0.138. The zero-order chi connectivity index (χ0) is 19.2. The number of urea groups is 1. The van der Waals surface area contributed by atoms with Crippen LogP contribution in [0.3, 0.4) is 0 Å². The number of nitrogens with one attached hydrogen (secondary N) is 2. The van der Waals surface area contributed by atoms with Gasteiger partial charge in [-0.2, -0.15) is 0 Å². The highest BCUT2D eigenvalue weighted by Gasteiger charge is 2.37. The van der Waals surface area contributed by atoms with Crippen molar-refractivity contribution in [3.8, 4) is 0 Å². The monoisotopic (exact) mass is 368 g/mol. The maximum atomic E-state index is 12.4. The number of rotatable bonds is 8. The SMILES string of the molecule is Cn1cccc1CNC(=O)CC[C@H]1NC(=O)N(CCc2ccccc2)C1=O. The molecule has 1 aromatic carbocycles. The molecule has 1 aromatic heterocycles. The molecule has 1 atom stereocenters. The van der Waals surface area contributed by atoms with Gasteiger partial charge in [-0.3, -0.25) is 14.5 Å². The van der Waals surface area contributed by atoms with Crippen LogP contribution in [-0.2, 0) is 29.6 Å². The lowest BCUT2D eigenvalue weighted by Gasteiger charge is -2.13. The smallest absolute Gasteiger partial charge is 0.324 e. The number of carbonyl (C=O) groups excluding carboxylic acids is 3. The minimum atomic E-state index is -0.631. The molecule has 3 rings (SSSR count). The molecule has 0 bridgehead atoms. The van der Waals surface area contributed by atoms with Gasteiger partial charge >= 0.3 is 6.03 Å². The summed E-state index contributed by atoms with van der Waals surface area (Å²) in [4.78, 5) is 37.8. The van der Waals surface area contributed by atoms with E-state index in [-0.39, 0.29) is 24.3 Å². The lowest BCUT2D eigenvalue weighted by Crippen LogP contribution is -2.34. The van der Waals surface area contributed by atoms with E-state index in [1.165, 1.54) is 4.90 Å². The molecule has 1 fully saturated rings. The number of carbonyl (C=O) groups is 3. The van der Waals surface area contributed by atoms with E-state index in [1.54, 1.807) is 0 Å². The van der Waals surface area contributed by atoms with Crippen LogP contribution in [0.2, 0.25) is 0 Å². The molecule has 0 aliphatic carbocycles. The van der Waals surface area contributed by atoms with Crippen LogP contribution < -0.4 is 10.6 Å². The standard InChI is InChI=1S/C20H24N4O3/c1-23-12-5-8-16(23)14-21-18(25)10-9-17-19(26)24(20(27)22-17)13-11-15-6-3-2-4-7-15/h2-8,12,17H,9-11,13-14H2,1H3,(H,21,25)(H,22,27)/t17-/m1/s1. The van der Waals surface area contributed by atoms with Gasteiger partial charge in [-0.15, -0.1) is 0 Å². The molecule has 2 heterocycles. The molecule has 1 aliphatic heterocycles. The van der Waals surface area contributed by atoms with Crippen LogP contribution >= 0.6 is 0 Å². The molecular formula is C20H24N4O3. The van der Waals surface area contributed by atoms with Crippen LogP contribution in [0.25, 0.3) is 0 Å². The molecule has 0 unspecified atom stereocenters. The van der Waals surface area contributed by atoms with Crippen LogP contribution in [-0.4, -0.2) is 39.9 Å². The molecule has 7 heteroatoms. The second-order valence-electron chi connectivity index (χ2n) is 6.65. The molecule has 2 N–H and O–H groups in total. The second-order valence-corrected chi connectivity index (χ2v) is 6.65. The van der Waals surface area contributed by atoms with Crippen LogP contribution in [0, 0.1) is 0 Å². The largest absolute Gasteiger partial charge is 0.353 e. The normalized spacial score (nSPS) is 16.5. The van der Waals surface area contributed by atoms with Gasteiger partial charge in [-0.25, -0.2) is 4.79 Å². The van der Waals surface area contributed by atoms with E-state index in [0.29, 0.717) is 25.9 Å². The molecular weight excluding hydrogens is 344 g/mol. The van der Waals surface area contributed by atoms with E-state index in [4.69, 9.17) is 0 Å². The molecule has 0 spiro atoms. The summed E-state index contributed by atoms with van der Waals surface area (Å²) in [6.07, 6.45) is 3.02. The fourth-order valence-corrected chi connectivity index (χ4v) is 3.10. The van der Waals surface area contributed by atoms with Crippen LogP contribution in [0.15, 0.2) is 48.7 Å². The Labute approximate surface area is 158 Å². The van der Waals surface area contributed by atoms with Crippen molar-refractivity contribution in [1.82, 2.24) is 20.1 Å². The van der Waals surface area contributed by atoms with Gasteiger partial charge < -0.3 is 15.2 Å². The van der Waals surface area contributed by atoms with Crippen molar-refractivity contribution in [2.24, 2.45) is 7.05 Å². The highest BCUT2D eigenvalue weighted by Crippen LogP contribution is 2.13. The first-order valence-electron chi connectivity index (χ1n) is 9.07. The predicted octanol–water partition coefficient (Wildman–Crippen LogP) is 1.58. The van der Waals surface area contributed by atoms with E-state index < -0.39 is 6.04 Å². The molecule has 2 aromatic rings. The molecule has 4 amide bonds. The summed E-state index contributed by atoms with van der Waals surface area (Å²) in [6.45, 7) is 0.779. The highest BCUT2D eigenvalue weighted by atomic mass is 16.2. The van der Waals surface area contributed by atoms with E-state index in [9.17, 15) is 14.4 Å². The summed E-state index contributed by atoms with van der Waals surface area (Å²) in [6, 6.07) is 12.6. The first kappa shape index (κ1) is 18.7. The number of imide groups is 1. The second kappa shape index (κ2) is 8.53. The summed E-state index contributed by atoms with van der Waals surface area (Å²) in [7, 11) is 1.91. The molecule has 1 saturated heterocycles. The lowest BCUT2D eigenvalue weighted by molar-refractivity contribution is -0.127. The van der Waals surface area contributed by atoms with E-state index in [2.05, 4.69) is 10.6 Å². The first-order valence-corrected chi connectivity index (χ1v) is 9.07. The van der Waals surface area contributed by atoms with Gasteiger partial charge in [0, 0.05) is 31.9 Å². The third-order valence-corrected chi connectivity index (χ3v) is 4.75. The average molecular weight is 368 g/mol. The minimum Gasteiger partial charge on any atom is -0.353 e. The number of benzene rings is 1. The van der Waals surface area contributed by atoms with Crippen molar-refractivity contribution in [2.75, 3.05) is 6.54 Å². The Morgan fingerprint density at radius 3 is 2.63 bits per heavy atom. The summed E-state index contributed by atoms with van der Waals surface area (Å²) in [5.41, 5.74) is 2.07. The Kier molecular flexibility index (Phi) is 5.90. The number of aromatic nitrogens is 1. The average Bonchev–Trinajstić information content (AvgIpc) is 3.20.